The van der Waals surface area contributed by atoms with Crippen molar-refractivity contribution in [1.82, 2.24) is 9.21 Å². The molecule has 2 aromatic carbocycles. The minimum atomic E-state index is -4.16. The average molecular weight is 394 g/mol. The molecule has 0 radical (unpaired) electrons. The quantitative estimate of drug-likeness (QED) is 0.804. The largest absolute Gasteiger partial charge is 0.336 e. The van der Waals surface area contributed by atoms with Crippen molar-refractivity contribution in [2.24, 2.45) is 0 Å². The molecular weight excluding hydrogens is 374 g/mol. The molecule has 8 heteroatoms. The van der Waals surface area contributed by atoms with E-state index in [0.29, 0.717) is 11.6 Å². The summed E-state index contributed by atoms with van der Waals surface area (Å²) in [5.41, 5.74) is 2.48. The number of sulfonamides is 1. The van der Waals surface area contributed by atoms with Gasteiger partial charge in [-0.1, -0.05) is 12.1 Å². The molecule has 1 aliphatic heterocycles. The Morgan fingerprint density at radius 2 is 1.67 bits per heavy atom. The Kier molecular flexibility index (Phi) is 5.30. The van der Waals surface area contributed by atoms with Gasteiger partial charge in [-0.15, -0.1) is 0 Å². The first kappa shape index (κ1) is 19.4. The van der Waals surface area contributed by atoms with Crippen molar-refractivity contribution in [2.45, 2.75) is 18.7 Å². The van der Waals surface area contributed by atoms with Gasteiger partial charge in [-0.3, -0.25) is 4.79 Å². The van der Waals surface area contributed by atoms with Crippen LogP contribution in [0.2, 0.25) is 0 Å². The summed E-state index contributed by atoms with van der Waals surface area (Å²) >= 11 is 0. The Labute approximate surface area is 157 Å². The maximum absolute atomic E-state index is 13.9. The number of hydrogen-bond donors (Lipinski definition) is 0. The summed E-state index contributed by atoms with van der Waals surface area (Å²) in [7, 11) is -4.16. The Bertz CT molecular complexity index is 984. The van der Waals surface area contributed by atoms with E-state index in [9.17, 15) is 22.0 Å². The maximum Gasteiger partial charge on any atom is 0.254 e. The second-order valence-corrected chi connectivity index (χ2v) is 8.42. The van der Waals surface area contributed by atoms with Crippen molar-refractivity contribution in [3.8, 4) is 0 Å². The standard InChI is InChI=1S/C19H20F2N2O3S/c1-13-4-3-5-16(14(13)2)19(24)22-8-10-23(11-9-22)27(25,26)18-12-15(20)6-7-17(18)21/h3-7,12H,8-11H2,1-2H3. The number of carbonyl (C=O) groups excluding carboxylic acids is 1. The first-order valence-corrected chi connectivity index (χ1v) is 9.96. The van der Waals surface area contributed by atoms with Crippen LogP contribution in [0.25, 0.3) is 0 Å². The van der Waals surface area contributed by atoms with Crippen LogP contribution in [0.5, 0.6) is 0 Å². The molecule has 0 spiro atoms. The second kappa shape index (κ2) is 7.36. The average Bonchev–Trinajstić information content (AvgIpc) is 2.65. The second-order valence-electron chi connectivity index (χ2n) is 6.52. The van der Waals surface area contributed by atoms with E-state index in [1.165, 1.54) is 0 Å². The van der Waals surface area contributed by atoms with Crippen LogP contribution >= 0.6 is 0 Å². The summed E-state index contributed by atoms with van der Waals surface area (Å²) in [5.74, 6) is -1.98. The van der Waals surface area contributed by atoms with Crippen LogP contribution in [0, 0.1) is 25.5 Å². The van der Waals surface area contributed by atoms with E-state index in [0.717, 1.165) is 27.6 Å². The van der Waals surface area contributed by atoms with Gasteiger partial charge in [0.25, 0.3) is 5.91 Å². The van der Waals surface area contributed by atoms with Crippen LogP contribution < -0.4 is 0 Å². The van der Waals surface area contributed by atoms with E-state index in [4.69, 9.17) is 0 Å². The van der Waals surface area contributed by atoms with Crippen molar-refractivity contribution in [1.29, 1.82) is 0 Å². The summed E-state index contributed by atoms with van der Waals surface area (Å²) in [6.07, 6.45) is 0. The van der Waals surface area contributed by atoms with E-state index in [1.54, 1.807) is 11.0 Å². The zero-order chi connectivity index (χ0) is 19.8. The molecule has 0 N–H and O–H groups in total. The third kappa shape index (κ3) is 3.72. The molecule has 1 fully saturated rings. The first-order valence-electron chi connectivity index (χ1n) is 8.52. The van der Waals surface area contributed by atoms with Gasteiger partial charge in [-0.05, 0) is 49.2 Å². The van der Waals surface area contributed by atoms with Crippen LogP contribution in [-0.2, 0) is 10.0 Å². The topological polar surface area (TPSA) is 57.7 Å². The number of benzene rings is 2. The number of nitrogens with zero attached hydrogens (tertiary/aromatic N) is 2. The van der Waals surface area contributed by atoms with Gasteiger partial charge in [0.05, 0.1) is 0 Å². The lowest BCUT2D eigenvalue weighted by atomic mass is 10.0. The van der Waals surface area contributed by atoms with E-state index in [-0.39, 0.29) is 32.1 Å². The molecule has 2 aromatic rings. The number of aryl methyl sites for hydroxylation is 1. The fraction of sp³-hybridized carbons (Fsp3) is 0.316. The fourth-order valence-electron chi connectivity index (χ4n) is 3.10. The summed E-state index contributed by atoms with van der Waals surface area (Å²) in [6.45, 7) is 4.20. The van der Waals surface area contributed by atoms with Gasteiger partial charge in [-0.25, -0.2) is 17.2 Å². The number of halogens is 2. The predicted molar refractivity (Wildman–Crippen MR) is 96.9 cm³/mol. The van der Waals surface area contributed by atoms with Gasteiger partial charge in [0.15, 0.2) is 0 Å². The number of hydrogen-bond acceptors (Lipinski definition) is 3. The van der Waals surface area contributed by atoms with Gasteiger partial charge in [-0.2, -0.15) is 4.31 Å². The third-order valence-corrected chi connectivity index (χ3v) is 6.79. The highest BCUT2D eigenvalue weighted by Gasteiger charge is 2.32. The third-order valence-electron chi connectivity index (χ3n) is 4.87. The summed E-state index contributed by atoms with van der Waals surface area (Å²) in [4.78, 5) is 13.6. The number of carbonyl (C=O) groups is 1. The van der Waals surface area contributed by atoms with Crippen LogP contribution in [-0.4, -0.2) is 49.7 Å². The molecule has 0 atom stereocenters. The molecule has 144 valence electrons. The molecule has 3 rings (SSSR count). The van der Waals surface area contributed by atoms with E-state index < -0.39 is 26.6 Å². The molecule has 27 heavy (non-hydrogen) atoms. The van der Waals surface area contributed by atoms with Crippen LogP contribution in [0.3, 0.4) is 0 Å². The van der Waals surface area contributed by atoms with Crippen molar-refractivity contribution in [2.75, 3.05) is 26.2 Å². The lowest BCUT2D eigenvalue weighted by Gasteiger charge is -2.34. The van der Waals surface area contributed by atoms with Crippen molar-refractivity contribution in [3.05, 3.63) is 64.7 Å². The zero-order valence-electron chi connectivity index (χ0n) is 15.1. The normalized spacial score (nSPS) is 15.8. The minimum absolute atomic E-state index is 0.0227. The SMILES string of the molecule is Cc1cccc(C(=O)N2CCN(S(=O)(=O)c3cc(F)ccc3F)CC2)c1C. The van der Waals surface area contributed by atoms with Crippen LogP contribution in [0.15, 0.2) is 41.3 Å². The van der Waals surface area contributed by atoms with Gasteiger partial charge >= 0.3 is 0 Å². The Morgan fingerprint density at radius 1 is 1.00 bits per heavy atom. The minimum Gasteiger partial charge on any atom is -0.336 e. The van der Waals surface area contributed by atoms with Gasteiger partial charge in [0.1, 0.15) is 16.5 Å². The zero-order valence-corrected chi connectivity index (χ0v) is 15.9. The van der Waals surface area contributed by atoms with Crippen LogP contribution in [0.4, 0.5) is 8.78 Å². The molecule has 0 saturated carbocycles. The number of rotatable bonds is 3. The molecule has 0 aliphatic carbocycles. The van der Waals surface area contributed by atoms with Crippen molar-refractivity contribution in [3.63, 3.8) is 0 Å². The summed E-state index contributed by atoms with van der Waals surface area (Å²) in [6, 6.07) is 7.82. The van der Waals surface area contributed by atoms with E-state index in [1.807, 2.05) is 26.0 Å². The Morgan fingerprint density at radius 3 is 2.33 bits per heavy atom. The smallest absolute Gasteiger partial charge is 0.254 e. The molecular formula is C19H20F2N2O3S. The highest BCUT2D eigenvalue weighted by atomic mass is 32.2. The molecule has 5 nitrogen and oxygen atoms in total. The lowest BCUT2D eigenvalue weighted by molar-refractivity contribution is 0.0697. The van der Waals surface area contributed by atoms with Gasteiger partial charge in [0.2, 0.25) is 10.0 Å². The van der Waals surface area contributed by atoms with Gasteiger partial charge < -0.3 is 4.90 Å². The summed E-state index contributed by atoms with van der Waals surface area (Å²) < 4.78 is 53.6. The van der Waals surface area contributed by atoms with Crippen LogP contribution in [0.1, 0.15) is 21.5 Å². The fourth-order valence-corrected chi connectivity index (χ4v) is 4.60. The number of amides is 1. The van der Waals surface area contributed by atoms with Gasteiger partial charge in [0, 0.05) is 31.7 Å². The lowest BCUT2D eigenvalue weighted by Crippen LogP contribution is -2.50. The monoisotopic (exact) mass is 394 g/mol. The molecule has 0 unspecified atom stereocenters. The molecule has 0 bridgehead atoms. The molecule has 1 saturated heterocycles. The van der Waals surface area contributed by atoms with Crippen molar-refractivity contribution < 1.29 is 22.0 Å². The summed E-state index contributed by atoms with van der Waals surface area (Å²) in [5, 5.41) is 0. The van der Waals surface area contributed by atoms with E-state index in [2.05, 4.69) is 0 Å². The highest BCUT2D eigenvalue weighted by molar-refractivity contribution is 7.89. The Hall–Kier alpha value is -2.32. The molecule has 1 heterocycles. The molecule has 0 aromatic heterocycles. The number of piperazine rings is 1. The maximum atomic E-state index is 13.9. The molecule has 1 amide bonds. The predicted octanol–water partition coefficient (Wildman–Crippen LogP) is 2.73. The van der Waals surface area contributed by atoms with Crippen molar-refractivity contribution >= 4 is 15.9 Å². The highest BCUT2D eigenvalue weighted by Crippen LogP contribution is 2.23. The molecule has 1 aliphatic rings. The first-order chi connectivity index (χ1) is 12.7. The van der Waals surface area contributed by atoms with E-state index >= 15 is 0 Å². The Balaban J connectivity index is 1.76.